The number of primary amides is 1. The number of piperidine rings is 1. The van der Waals surface area contributed by atoms with Gasteiger partial charge in [0.1, 0.15) is 0 Å². The van der Waals surface area contributed by atoms with Gasteiger partial charge >= 0.3 is 0 Å². The molecule has 0 spiro atoms. The van der Waals surface area contributed by atoms with Crippen LogP contribution in [0.3, 0.4) is 0 Å². The van der Waals surface area contributed by atoms with E-state index in [1.165, 1.54) is 0 Å². The highest BCUT2D eigenvalue weighted by Gasteiger charge is 2.41. The predicted octanol–water partition coefficient (Wildman–Crippen LogP) is 3.67. The second-order valence-corrected chi connectivity index (χ2v) is 9.10. The van der Waals surface area contributed by atoms with Crippen molar-refractivity contribution >= 4 is 17.5 Å². The van der Waals surface area contributed by atoms with Crippen molar-refractivity contribution in [3.05, 3.63) is 94.9 Å². The summed E-state index contributed by atoms with van der Waals surface area (Å²) >= 11 is 0. The summed E-state index contributed by atoms with van der Waals surface area (Å²) in [5, 5.41) is 0. The maximum atomic E-state index is 13.1. The summed E-state index contributed by atoms with van der Waals surface area (Å²) in [4.78, 5) is 35.0. The van der Waals surface area contributed by atoms with E-state index in [1.54, 1.807) is 24.7 Å². The molecule has 1 fully saturated rings. The molecule has 0 aliphatic carbocycles. The molecular formula is C27H29N5O2. The number of carbonyl (C=O) groups excluding carboxylic acids is 2. The van der Waals surface area contributed by atoms with Crippen molar-refractivity contribution < 1.29 is 9.59 Å². The Hall–Kier alpha value is -3.92. The number of nitrogens with two attached hydrogens (primary N) is 1. The number of benzene rings is 2. The van der Waals surface area contributed by atoms with Gasteiger partial charge in [-0.1, -0.05) is 48.5 Å². The number of imidazole rings is 1. The average Bonchev–Trinajstić information content (AvgIpc) is 3.27. The minimum atomic E-state index is -0.623. The topological polar surface area (TPSA) is 85.6 Å². The molecule has 7 heteroatoms. The molecule has 1 aromatic heterocycles. The fourth-order valence-corrected chi connectivity index (χ4v) is 4.64. The van der Waals surface area contributed by atoms with Crippen LogP contribution in [0, 0.1) is 18.9 Å². The Bertz CT molecular complexity index is 1210. The largest absolute Gasteiger partial charge is 0.369 e. The second kappa shape index (κ2) is 9.92. The highest BCUT2D eigenvalue weighted by atomic mass is 16.2. The molecular weight excluding hydrogens is 426 g/mol. The van der Waals surface area contributed by atoms with Crippen molar-refractivity contribution in [3.63, 3.8) is 0 Å². The number of rotatable bonds is 7. The monoisotopic (exact) mass is 455 g/mol. The molecule has 174 valence electrons. The number of hydrogen-bond acceptors (Lipinski definition) is 3. The fourth-order valence-electron chi connectivity index (χ4n) is 4.64. The van der Waals surface area contributed by atoms with Gasteiger partial charge in [-0.25, -0.2) is 9.83 Å². The summed E-state index contributed by atoms with van der Waals surface area (Å²) in [5.74, 6) is -0.260. The molecule has 2 aromatic carbocycles. The maximum Gasteiger partial charge on any atom is 0.228 e. The van der Waals surface area contributed by atoms with Crippen LogP contribution in [0.4, 0.5) is 5.69 Å². The number of hydrogen-bond donors (Lipinski definition) is 1. The van der Waals surface area contributed by atoms with Crippen LogP contribution in [0.2, 0.25) is 0 Å². The van der Waals surface area contributed by atoms with Crippen LogP contribution in [0.15, 0.2) is 61.1 Å². The molecule has 3 aromatic rings. The quantitative estimate of drug-likeness (QED) is 0.552. The van der Waals surface area contributed by atoms with Gasteiger partial charge in [0.05, 0.1) is 24.7 Å². The third-order valence-electron chi connectivity index (χ3n) is 6.94. The number of likely N-dealkylation sites (tertiary alicyclic amines) is 1. The van der Waals surface area contributed by atoms with Gasteiger partial charge in [0.25, 0.3) is 0 Å². The normalized spacial score (nSPS) is 15.0. The van der Waals surface area contributed by atoms with Gasteiger partial charge in [0, 0.05) is 31.5 Å². The summed E-state index contributed by atoms with van der Waals surface area (Å²) in [6.45, 7) is 10.7. The molecule has 7 nitrogen and oxygen atoms in total. The molecule has 1 saturated heterocycles. The van der Waals surface area contributed by atoms with Crippen molar-refractivity contribution in [1.82, 2.24) is 14.5 Å². The SMILES string of the molecule is [C-]#[N+]c1ccc(Cn2cncc2CC(=O)N2CCC(Cc3ccccc3C)(C(N)=O)CC2)cc1. The lowest BCUT2D eigenvalue weighted by molar-refractivity contribution is -0.138. The summed E-state index contributed by atoms with van der Waals surface area (Å²) in [7, 11) is 0. The Morgan fingerprint density at radius 2 is 1.82 bits per heavy atom. The first kappa shape index (κ1) is 23.2. The van der Waals surface area contributed by atoms with E-state index < -0.39 is 5.41 Å². The van der Waals surface area contributed by atoms with Crippen molar-refractivity contribution in [3.8, 4) is 0 Å². The first-order valence-electron chi connectivity index (χ1n) is 11.5. The Morgan fingerprint density at radius 3 is 2.47 bits per heavy atom. The highest BCUT2D eigenvalue weighted by molar-refractivity contribution is 5.83. The molecule has 34 heavy (non-hydrogen) atoms. The lowest BCUT2D eigenvalue weighted by atomic mass is 9.72. The van der Waals surface area contributed by atoms with E-state index in [1.807, 2.05) is 52.8 Å². The van der Waals surface area contributed by atoms with Gasteiger partial charge in [-0.05, 0) is 42.9 Å². The second-order valence-electron chi connectivity index (χ2n) is 9.10. The van der Waals surface area contributed by atoms with E-state index in [9.17, 15) is 9.59 Å². The Kier molecular flexibility index (Phi) is 6.78. The lowest BCUT2D eigenvalue weighted by Gasteiger charge is -2.40. The molecule has 0 atom stereocenters. The standard InChI is InChI=1S/C27H29N5O2/c1-20-5-3-4-6-22(20)16-27(26(28)34)11-13-31(14-12-27)25(33)15-24-17-30-19-32(24)18-21-7-9-23(29-2)10-8-21/h3-10,17,19H,11-16,18H2,1H3,(H2,28,34). The Balaban J connectivity index is 1.39. The van der Waals surface area contributed by atoms with Crippen LogP contribution in [-0.2, 0) is 29.0 Å². The van der Waals surface area contributed by atoms with Gasteiger partial charge in [-0.15, -0.1) is 0 Å². The van der Waals surface area contributed by atoms with E-state index in [-0.39, 0.29) is 18.2 Å². The number of aromatic nitrogens is 2. The van der Waals surface area contributed by atoms with Crippen molar-refractivity contribution in [2.75, 3.05) is 13.1 Å². The molecule has 0 bridgehead atoms. The smallest absolute Gasteiger partial charge is 0.228 e. The Labute approximate surface area is 200 Å². The van der Waals surface area contributed by atoms with Gasteiger partial charge in [0.2, 0.25) is 11.8 Å². The molecule has 2 N–H and O–H groups in total. The maximum absolute atomic E-state index is 13.1. The third kappa shape index (κ3) is 5.01. The summed E-state index contributed by atoms with van der Waals surface area (Å²) in [6.07, 6.45) is 5.44. The number of nitrogens with zero attached hydrogens (tertiary/aromatic N) is 4. The molecule has 1 aliphatic heterocycles. The van der Waals surface area contributed by atoms with Crippen LogP contribution >= 0.6 is 0 Å². The number of amides is 2. The molecule has 2 amide bonds. The van der Waals surface area contributed by atoms with Crippen molar-refractivity contribution in [2.45, 2.75) is 39.2 Å². The molecule has 4 rings (SSSR count). The zero-order chi connectivity index (χ0) is 24.1. The minimum Gasteiger partial charge on any atom is -0.369 e. The van der Waals surface area contributed by atoms with Crippen molar-refractivity contribution in [1.29, 1.82) is 0 Å². The summed E-state index contributed by atoms with van der Waals surface area (Å²) < 4.78 is 1.96. The summed E-state index contributed by atoms with van der Waals surface area (Å²) in [5.41, 5.74) is 10.0. The average molecular weight is 456 g/mol. The molecule has 0 radical (unpaired) electrons. The zero-order valence-electron chi connectivity index (χ0n) is 19.4. The molecule has 0 saturated carbocycles. The fraction of sp³-hybridized carbons (Fsp3) is 0.333. The van der Waals surface area contributed by atoms with E-state index in [2.05, 4.69) is 9.83 Å². The number of aryl methyl sites for hydroxylation is 1. The van der Waals surface area contributed by atoms with Gasteiger partial charge in [0.15, 0.2) is 5.69 Å². The van der Waals surface area contributed by atoms with Crippen molar-refractivity contribution in [2.24, 2.45) is 11.1 Å². The molecule has 0 unspecified atom stereocenters. The Morgan fingerprint density at radius 1 is 1.12 bits per heavy atom. The number of carbonyl (C=O) groups is 2. The van der Waals surface area contributed by atoms with Crippen LogP contribution < -0.4 is 5.73 Å². The highest BCUT2D eigenvalue weighted by Crippen LogP contribution is 2.36. The molecule has 1 aliphatic rings. The van der Waals surface area contributed by atoms with Crippen LogP contribution in [0.5, 0.6) is 0 Å². The van der Waals surface area contributed by atoms with E-state index in [0.717, 1.165) is 22.4 Å². The van der Waals surface area contributed by atoms with Crippen LogP contribution in [0.25, 0.3) is 4.85 Å². The van der Waals surface area contributed by atoms with Crippen LogP contribution in [0.1, 0.15) is 35.2 Å². The first-order chi connectivity index (χ1) is 16.4. The lowest BCUT2D eigenvalue weighted by Crippen LogP contribution is -2.50. The van der Waals surface area contributed by atoms with E-state index >= 15 is 0 Å². The first-order valence-corrected chi connectivity index (χ1v) is 11.5. The van der Waals surface area contributed by atoms with Gasteiger partial charge in [-0.2, -0.15) is 0 Å². The van der Waals surface area contributed by atoms with Crippen LogP contribution in [-0.4, -0.2) is 39.4 Å². The predicted molar refractivity (Wildman–Crippen MR) is 130 cm³/mol. The summed E-state index contributed by atoms with van der Waals surface area (Å²) in [6, 6.07) is 15.5. The van der Waals surface area contributed by atoms with E-state index in [4.69, 9.17) is 12.3 Å². The van der Waals surface area contributed by atoms with E-state index in [0.29, 0.717) is 44.6 Å². The molecule has 2 heterocycles. The van der Waals surface area contributed by atoms with Gasteiger partial charge < -0.3 is 15.2 Å². The third-order valence-corrected chi connectivity index (χ3v) is 6.94. The zero-order valence-corrected chi connectivity index (χ0v) is 19.4. The van der Waals surface area contributed by atoms with Gasteiger partial charge in [-0.3, -0.25) is 9.59 Å². The minimum absolute atomic E-state index is 0.0269.